The van der Waals surface area contributed by atoms with Crippen molar-refractivity contribution in [3.63, 3.8) is 0 Å². The molecule has 1 saturated heterocycles. The topological polar surface area (TPSA) is 32.5 Å². The van der Waals surface area contributed by atoms with Gasteiger partial charge in [-0.1, -0.05) is 29.8 Å². The molecule has 4 heteroatoms. The lowest BCUT2D eigenvalue weighted by Gasteiger charge is -2.37. The molecule has 2 aromatic carbocycles. The number of nitrogens with two attached hydrogens (primary N) is 1. The summed E-state index contributed by atoms with van der Waals surface area (Å²) >= 11 is 6.10. The fourth-order valence-corrected chi connectivity index (χ4v) is 2.75. The van der Waals surface area contributed by atoms with Gasteiger partial charge in [0.1, 0.15) is 0 Å². The number of nitrogens with zero attached hydrogens (tertiary/aromatic N) is 2. The standard InChI is InChI=1S/C16H18ClN3/c17-15-12-14(6-7-16(15)18)20-10-8-19(9-11-20)13-4-2-1-3-5-13/h1-7,12H,8-11,18H2. The summed E-state index contributed by atoms with van der Waals surface area (Å²) in [6.45, 7) is 4.03. The van der Waals surface area contributed by atoms with Crippen LogP contribution in [0.25, 0.3) is 0 Å². The first-order valence-electron chi connectivity index (χ1n) is 6.84. The van der Waals surface area contributed by atoms with Crippen LogP contribution in [-0.2, 0) is 0 Å². The maximum Gasteiger partial charge on any atom is 0.0656 e. The number of hydrogen-bond acceptors (Lipinski definition) is 3. The molecular formula is C16H18ClN3. The van der Waals surface area contributed by atoms with Gasteiger partial charge in [0.2, 0.25) is 0 Å². The van der Waals surface area contributed by atoms with Crippen LogP contribution in [0.5, 0.6) is 0 Å². The van der Waals surface area contributed by atoms with Crippen LogP contribution in [-0.4, -0.2) is 26.2 Å². The Hall–Kier alpha value is -1.87. The maximum atomic E-state index is 6.10. The van der Waals surface area contributed by atoms with Crippen LogP contribution < -0.4 is 15.5 Å². The predicted octanol–water partition coefficient (Wildman–Crippen LogP) is 3.25. The molecule has 0 atom stereocenters. The molecule has 104 valence electrons. The normalized spacial score (nSPS) is 15.4. The van der Waals surface area contributed by atoms with Gasteiger partial charge in [-0.15, -0.1) is 0 Å². The molecule has 0 aliphatic carbocycles. The number of para-hydroxylation sites is 1. The van der Waals surface area contributed by atoms with Gasteiger partial charge in [0, 0.05) is 37.6 Å². The third-order valence-electron chi connectivity index (χ3n) is 3.75. The molecule has 0 bridgehead atoms. The number of hydrogen-bond donors (Lipinski definition) is 1. The molecule has 0 saturated carbocycles. The zero-order valence-electron chi connectivity index (χ0n) is 11.3. The maximum absolute atomic E-state index is 6.10. The molecule has 0 aromatic heterocycles. The second-order valence-electron chi connectivity index (χ2n) is 5.02. The number of piperazine rings is 1. The first kappa shape index (κ1) is 13.1. The van der Waals surface area contributed by atoms with Crippen molar-refractivity contribution in [2.24, 2.45) is 0 Å². The Morgan fingerprint density at radius 3 is 2.00 bits per heavy atom. The minimum absolute atomic E-state index is 0.632. The molecular weight excluding hydrogens is 270 g/mol. The first-order valence-corrected chi connectivity index (χ1v) is 7.22. The summed E-state index contributed by atoms with van der Waals surface area (Å²) in [6, 6.07) is 16.4. The minimum Gasteiger partial charge on any atom is -0.398 e. The minimum atomic E-state index is 0.632. The number of halogens is 1. The van der Waals surface area contributed by atoms with Crippen LogP contribution >= 0.6 is 11.6 Å². The molecule has 0 spiro atoms. The molecule has 1 aliphatic heterocycles. The van der Waals surface area contributed by atoms with Gasteiger partial charge in [-0.25, -0.2) is 0 Å². The van der Waals surface area contributed by atoms with Crippen molar-refractivity contribution >= 4 is 28.7 Å². The van der Waals surface area contributed by atoms with Gasteiger partial charge in [0.05, 0.1) is 10.7 Å². The summed E-state index contributed by atoms with van der Waals surface area (Å²) in [5, 5.41) is 0.632. The Labute approximate surface area is 124 Å². The van der Waals surface area contributed by atoms with Crippen molar-refractivity contribution in [2.75, 3.05) is 41.7 Å². The quantitative estimate of drug-likeness (QED) is 0.861. The van der Waals surface area contributed by atoms with Crippen molar-refractivity contribution in [3.05, 3.63) is 53.6 Å². The van der Waals surface area contributed by atoms with Gasteiger partial charge in [0.15, 0.2) is 0 Å². The van der Waals surface area contributed by atoms with Gasteiger partial charge in [0.25, 0.3) is 0 Å². The van der Waals surface area contributed by atoms with E-state index in [2.05, 4.69) is 40.1 Å². The third kappa shape index (κ3) is 2.68. The van der Waals surface area contributed by atoms with Crippen molar-refractivity contribution in [3.8, 4) is 0 Å². The first-order chi connectivity index (χ1) is 9.74. The highest BCUT2D eigenvalue weighted by Gasteiger charge is 2.17. The number of benzene rings is 2. The van der Waals surface area contributed by atoms with Gasteiger partial charge in [-0.2, -0.15) is 0 Å². The van der Waals surface area contributed by atoms with Crippen molar-refractivity contribution in [1.82, 2.24) is 0 Å². The van der Waals surface area contributed by atoms with E-state index in [0.29, 0.717) is 10.7 Å². The fraction of sp³-hybridized carbons (Fsp3) is 0.250. The molecule has 3 nitrogen and oxygen atoms in total. The monoisotopic (exact) mass is 287 g/mol. The summed E-state index contributed by atoms with van der Waals surface area (Å²) in [7, 11) is 0. The van der Waals surface area contributed by atoms with E-state index in [0.717, 1.165) is 31.9 Å². The summed E-state index contributed by atoms with van der Waals surface area (Å²) in [6.07, 6.45) is 0. The molecule has 20 heavy (non-hydrogen) atoms. The average molecular weight is 288 g/mol. The van der Waals surface area contributed by atoms with Crippen molar-refractivity contribution in [1.29, 1.82) is 0 Å². The van der Waals surface area contributed by atoms with Crippen LogP contribution in [0.2, 0.25) is 5.02 Å². The van der Waals surface area contributed by atoms with Crippen molar-refractivity contribution in [2.45, 2.75) is 0 Å². The molecule has 1 heterocycles. The molecule has 3 rings (SSSR count). The highest BCUT2D eigenvalue weighted by molar-refractivity contribution is 6.33. The Bertz CT molecular complexity index is 578. The van der Waals surface area contributed by atoms with Crippen LogP contribution in [0.3, 0.4) is 0 Å². The second kappa shape index (κ2) is 5.63. The summed E-state index contributed by atoms with van der Waals surface area (Å²) < 4.78 is 0. The predicted molar refractivity (Wildman–Crippen MR) is 86.7 cm³/mol. The van der Waals surface area contributed by atoms with Crippen molar-refractivity contribution < 1.29 is 0 Å². The van der Waals surface area contributed by atoms with E-state index in [1.54, 1.807) is 0 Å². The second-order valence-corrected chi connectivity index (χ2v) is 5.42. The lowest BCUT2D eigenvalue weighted by molar-refractivity contribution is 0.653. The fourth-order valence-electron chi connectivity index (χ4n) is 2.57. The molecule has 1 aliphatic rings. The summed E-state index contributed by atoms with van der Waals surface area (Å²) in [4.78, 5) is 4.76. The SMILES string of the molecule is Nc1ccc(N2CCN(c3ccccc3)CC2)cc1Cl. The highest BCUT2D eigenvalue weighted by atomic mass is 35.5. The van der Waals surface area contributed by atoms with E-state index < -0.39 is 0 Å². The van der Waals surface area contributed by atoms with E-state index in [9.17, 15) is 0 Å². The van der Waals surface area contributed by atoms with E-state index in [-0.39, 0.29) is 0 Å². The van der Waals surface area contributed by atoms with E-state index >= 15 is 0 Å². The zero-order valence-corrected chi connectivity index (χ0v) is 12.1. The highest BCUT2D eigenvalue weighted by Crippen LogP contribution is 2.26. The third-order valence-corrected chi connectivity index (χ3v) is 4.08. The van der Waals surface area contributed by atoms with E-state index in [4.69, 9.17) is 17.3 Å². The Kier molecular flexibility index (Phi) is 3.70. The van der Waals surface area contributed by atoms with Crippen LogP contribution in [0.4, 0.5) is 17.1 Å². The number of rotatable bonds is 2. The molecule has 0 unspecified atom stereocenters. The van der Waals surface area contributed by atoms with Crippen LogP contribution in [0, 0.1) is 0 Å². The Morgan fingerprint density at radius 2 is 1.40 bits per heavy atom. The summed E-state index contributed by atoms with van der Waals surface area (Å²) in [5.74, 6) is 0. The molecule has 2 N–H and O–H groups in total. The molecule has 2 aromatic rings. The Balaban J connectivity index is 1.68. The number of nitrogen functional groups attached to an aromatic ring is 1. The van der Waals surface area contributed by atoms with Gasteiger partial charge >= 0.3 is 0 Å². The number of anilines is 3. The Morgan fingerprint density at radius 1 is 0.800 bits per heavy atom. The molecule has 0 radical (unpaired) electrons. The smallest absolute Gasteiger partial charge is 0.0656 e. The summed E-state index contributed by atoms with van der Waals surface area (Å²) in [5.41, 5.74) is 8.84. The van der Waals surface area contributed by atoms with Crippen LogP contribution in [0.15, 0.2) is 48.5 Å². The van der Waals surface area contributed by atoms with Gasteiger partial charge < -0.3 is 15.5 Å². The molecule has 1 fully saturated rings. The van der Waals surface area contributed by atoms with Gasteiger partial charge in [-0.05, 0) is 30.3 Å². The van der Waals surface area contributed by atoms with E-state index in [1.807, 2.05) is 18.2 Å². The lowest BCUT2D eigenvalue weighted by Crippen LogP contribution is -2.46. The largest absolute Gasteiger partial charge is 0.398 e. The molecule has 0 amide bonds. The average Bonchev–Trinajstić information content (AvgIpc) is 2.51. The van der Waals surface area contributed by atoms with Gasteiger partial charge in [-0.3, -0.25) is 0 Å². The van der Waals surface area contributed by atoms with E-state index in [1.165, 1.54) is 5.69 Å². The lowest BCUT2D eigenvalue weighted by atomic mass is 10.2. The van der Waals surface area contributed by atoms with Crippen LogP contribution in [0.1, 0.15) is 0 Å². The zero-order chi connectivity index (χ0) is 13.9.